The third kappa shape index (κ3) is 5.66. The Morgan fingerprint density at radius 2 is 1.88 bits per heavy atom. The Hall–Kier alpha value is -3.28. The standard InChI is InChI=1S/C20H23N3O3/c1-4-12-26-19-7-5-6-17(13-19)22-20(25)14-21-16-8-10-18(11-9-16)23(3)15(2)24/h4-11,13,21H,1,12,14H2,2-3H3,(H,22,25). The zero-order valence-electron chi connectivity index (χ0n) is 15.0. The number of ether oxygens (including phenoxy) is 1. The highest BCUT2D eigenvalue weighted by Gasteiger charge is 2.06. The van der Waals surface area contributed by atoms with Crippen LogP contribution in [0.3, 0.4) is 0 Å². The largest absolute Gasteiger partial charge is 0.489 e. The molecule has 2 aromatic carbocycles. The van der Waals surface area contributed by atoms with Crippen molar-refractivity contribution < 1.29 is 14.3 Å². The maximum absolute atomic E-state index is 12.1. The average molecular weight is 353 g/mol. The summed E-state index contributed by atoms with van der Waals surface area (Å²) in [5.74, 6) is 0.459. The highest BCUT2D eigenvalue weighted by molar-refractivity contribution is 5.94. The van der Waals surface area contributed by atoms with Crippen LogP contribution < -0.4 is 20.3 Å². The number of hydrogen-bond donors (Lipinski definition) is 2. The summed E-state index contributed by atoms with van der Waals surface area (Å²) in [4.78, 5) is 25.0. The van der Waals surface area contributed by atoms with Crippen molar-refractivity contribution in [3.8, 4) is 5.75 Å². The molecule has 0 saturated carbocycles. The highest BCUT2D eigenvalue weighted by Crippen LogP contribution is 2.18. The van der Waals surface area contributed by atoms with Gasteiger partial charge in [0.1, 0.15) is 12.4 Å². The van der Waals surface area contributed by atoms with Gasteiger partial charge in [0.15, 0.2) is 0 Å². The molecule has 2 rings (SSSR count). The van der Waals surface area contributed by atoms with Gasteiger partial charge in [0.25, 0.3) is 0 Å². The molecule has 6 heteroatoms. The maximum atomic E-state index is 12.1. The summed E-state index contributed by atoms with van der Waals surface area (Å²) in [7, 11) is 1.71. The summed E-state index contributed by atoms with van der Waals surface area (Å²) < 4.78 is 5.44. The zero-order valence-corrected chi connectivity index (χ0v) is 15.0. The predicted molar refractivity (Wildman–Crippen MR) is 105 cm³/mol. The SMILES string of the molecule is C=CCOc1cccc(NC(=O)CNc2ccc(N(C)C(C)=O)cc2)c1. The van der Waals surface area contributed by atoms with Crippen LogP contribution in [0.4, 0.5) is 17.1 Å². The third-order valence-electron chi connectivity index (χ3n) is 3.67. The van der Waals surface area contributed by atoms with Crippen molar-refractivity contribution in [2.24, 2.45) is 0 Å². The van der Waals surface area contributed by atoms with Crippen molar-refractivity contribution in [2.75, 3.05) is 35.7 Å². The zero-order chi connectivity index (χ0) is 18.9. The van der Waals surface area contributed by atoms with Crippen LogP contribution >= 0.6 is 0 Å². The van der Waals surface area contributed by atoms with E-state index in [1.54, 1.807) is 30.2 Å². The van der Waals surface area contributed by atoms with Crippen LogP contribution in [0.2, 0.25) is 0 Å². The first kappa shape index (κ1) is 19.1. The number of anilines is 3. The summed E-state index contributed by atoms with van der Waals surface area (Å²) in [6.45, 7) is 5.64. The molecule has 0 fully saturated rings. The van der Waals surface area contributed by atoms with E-state index in [9.17, 15) is 9.59 Å². The van der Waals surface area contributed by atoms with E-state index in [2.05, 4.69) is 17.2 Å². The molecule has 0 aliphatic carbocycles. The van der Waals surface area contributed by atoms with Crippen molar-refractivity contribution in [1.29, 1.82) is 0 Å². The molecule has 0 spiro atoms. The second kappa shape index (κ2) is 9.27. The Bertz CT molecular complexity index is 772. The Morgan fingerprint density at radius 3 is 2.54 bits per heavy atom. The predicted octanol–water partition coefficient (Wildman–Crippen LogP) is 3.28. The fourth-order valence-electron chi connectivity index (χ4n) is 2.19. The van der Waals surface area contributed by atoms with Crippen molar-refractivity contribution in [1.82, 2.24) is 0 Å². The van der Waals surface area contributed by atoms with Crippen molar-refractivity contribution >= 4 is 28.9 Å². The van der Waals surface area contributed by atoms with Crippen LogP contribution in [0.15, 0.2) is 61.2 Å². The third-order valence-corrected chi connectivity index (χ3v) is 3.67. The van der Waals surface area contributed by atoms with E-state index < -0.39 is 0 Å². The van der Waals surface area contributed by atoms with Crippen molar-refractivity contribution in [3.05, 3.63) is 61.2 Å². The van der Waals surface area contributed by atoms with Gasteiger partial charge in [0, 0.05) is 37.1 Å². The van der Waals surface area contributed by atoms with Gasteiger partial charge in [-0.3, -0.25) is 9.59 Å². The van der Waals surface area contributed by atoms with Crippen LogP contribution in [0, 0.1) is 0 Å². The summed E-state index contributed by atoms with van der Waals surface area (Å²) >= 11 is 0. The first-order valence-electron chi connectivity index (χ1n) is 8.21. The molecule has 26 heavy (non-hydrogen) atoms. The van der Waals surface area contributed by atoms with E-state index in [4.69, 9.17) is 4.74 Å². The van der Waals surface area contributed by atoms with E-state index in [-0.39, 0.29) is 18.4 Å². The van der Waals surface area contributed by atoms with E-state index >= 15 is 0 Å². The van der Waals surface area contributed by atoms with Crippen molar-refractivity contribution in [2.45, 2.75) is 6.92 Å². The molecule has 2 aromatic rings. The van der Waals surface area contributed by atoms with Gasteiger partial charge in [-0.15, -0.1) is 0 Å². The van der Waals surface area contributed by atoms with E-state index in [1.165, 1.54) is 6.92 Å². The number of amides is 2. The molecule has 0 unspecified atom stereocenters. The van der Waals surface area contributed by atoms with Gasteiger partial charge in [-0.25, -0.2) is 0 Å². The molecule has 0 aliphatic rings. The van der Waals surface area contributed by atoms with Gasteiger partial charge in [0.2, 0.25) is 11.8 Å². The molecular weight excluding hydrogens is 330 g/mol. The van der Waals surface area contributed by atoms with Gasteiger partial charge in [0.05, 0.1) is 6.54 Å². The molecule has 2 N–H and O–H groups in total. The molecule has 136 valence electrons. The number of nitrogens with zero attached hydrogens (tertiary/aromatic N) is 1. The molecule has 0 saturated heterocycles. The lowest BCUT2D eigenvalue weighted by atomic mass is 10.2. The summed E-state index contributed by atoms with van der Waals surface area (Å²) in [6, 6.07) is 14.5. The lowest BCUT2D eigenvalue weighted by Gasteiger charge is -2.15. The number of benzene rings is 2. The van der Waals surface area contributed by atoms with E-state index in [1.807, 2.05) is 36.4 Å². The molecule has 0 aliphatic heterocycles. The monoisotopic (exact) mass is 353 g/mol. The quantitative estimate of drug-likeness (QED) is 0.715. The fraction of sp³-hybridized carbons (Fsp3) is 0.200. The normalized spacial score (nSPS) is 9.92. The second-order valence-corrected chi connectivity index (χ2v) is 5.65. The van der Waals surface area contributed by atoms with Gasteiger partial charge in [-0.1, -0.05) is 18.7 Å². The lowest BCUT2D eigenvalue weighted by molar-refractivity contribution is -0.116. The number of rotatable bonds is 8. The molecule has 0 aromatic heterocycles. The van der Waals surface area contributed by atoms with Crippen LogP contribution in [0.1, 0.15) is 6.92 Å². The average Bonchev–Trinajstić information content (AvgIpc) is 2.64. The van der Waals surface area contributed by atoms with Crippen molar-refractivity contribution in [3.63, 3.8) is 0 Å². The molecule has 0 heterocycles. The summed E-state index contributed by atoms with van der Waals surface area (Å²) in [5, 5.41) is 5.86. The number of hydrogen-bond acceptors (Lipinski definition) is 4. The molecule has 0 bridgehead atoms. The van der Waals surface area contributed by atoms with Crippen LogP contribution in [0.25, 0.3) is 0 Å². The molecule has 6 nitrogen and oxygen atoms in total. The minimum atomic E-state index is -0.171. The second-order valence-electron chi connectivity index (χ2n) is 5.65. The minimum absolute atomic E-state index is 0.0376. The van der Waals surface area contributed by atoms with E-state index in [0.29, 0.717) is 18.0 Å². The Morgan fingerprint density at radius 1 is 1.15 bits per heavy atom. The first-order valence-corrected chi connectivity index (χ1v) is 8.21. The number of nitrogens with one attached hydrogen (secondary N) is 2. The molecule has 0 atom stereocenters. The van der Waals surface area contributed by atoms with E-state index in [0.717, 1.165) is 11.4 Å². The first-order chi connectivity index (χ1) is 12.5. The van der Waals surface area contributed by atoms with Crippen LogP contribution in [0.5, 0.6) is 5.75 Å². The summed E-state index contributed by atoms with van der Waals surface area (Å²) in [6.07, 6.45) is 1.66. The molecule has 2 amide bonds. The Labute approximate surface area is 153 Å². The maximum Gasteiger partial charge on any atom is 0.243 e. The van der Waals surface area contributed by atoms with Crippen LogP contribution in [-0.2, 0) is 9.59 Å². The fourth-order valence-corrected chi connectivity index (χ4v) is 2.19. The molecular formula is C20H23N3O3. The topological polar surface area (TPSA) is 70.7 Å². The van der Waals surface area contributed by atoms with Gasteiger partial charge < -0.3 is 20.3 Å². The minimum Gasteiger partial charge on any atom is -0.489 e. The van der Waals surface area contributed by atoms with Crippen LogP contribution in [-0.4, -0.2) is 32.0 Å². The molecule has 0 radical (unpaired) electrons. The van der Waals surface area contributed by atoms with Gasteiger partial charge >= 0.3 is 0 Å². The summed E-state index contributed by atoms with van der Waals surface area (Å²) in [5.41, 5.74) is 2.25. The lowest BCUT2D eigenvalue weighted by Crippen LogP contribution is -2.23. The van der Waals surface area contributed by atoms with Gasteiger partial charge in [-0.2, -0.15) is 0 Å². The Kier molecular flexibility index (Phi) is 6.79. The highest BCUT2D eigenvalue weighted by atomic mass is 16.5. The Balaban J connectivity index is 1.87. The smallest absolute Gasteiger partial charge is 0.243 e. The number of carbonyl (C=O) groups excluding carboxylic acids is 2. The van der Waals surface area contributed by atoms with Gasteiger partial charge in [-0.05, 0) is 36.4 Å². The number of carbonyl (C=O) groups is 2.